The lowest BCUT2D eigenvalue weighted by molar-refractivity contribution is -0.0542. The number of hydrogen-bond donors (Lipinski definition) is 11. The van der Waals surface area contributed by atoms with Gasteiger partial charge in [-0.25, -0.2) is 32.4 Å². The topological polar surface area (TPSA) is 457 Å². The van der Waals surface area contributed by atoms with Gasteiger partial charge in [-0.1, -0.05) is 0 Å². The van der Waals surface area contributed by atoms with Crippen molar-refractivity contribution in [1.82, 2.24) is 19.1 Å². The predicted octanol–water partition coefficient (Wildman–Crippen LogP) is -3.78. The summed E-state index contributed by atoms with van der Waals surface area (Å²) < 4.78 is 96.1. The molecule has 12 N–H and O–H groups in total. The van der Waals surface area contributed by atoms with Crippen LogP contribution in [0.3, 0.4) is 0 Å². The molecule has 0 bridgehead atoms. The number of nitrogens with zero attached hydrogens (tertiary/aromatic N) is 3. The molecule has 2 aliphatic heterocycles. The number of nitrogen functional groups attached to an aromatic ring is 1. The summed E-state index contributed by atoms with van der Waals surface area (Å²) in [7, 11) is -31.0. The number of ether oxygens (including phenoxy) is 2. The first-order valence-corrected chi connectivity index (χ1v) is 21.2. The number of nitrogens with two attached hydrogens (primary N) is 1. The van der Waals surface area contributed by atoms with E-state index in [9.17, 15) is 82.1 Å². The van der Waals surface area contributed by atoms with Crippen molar-refractivity contribution in [3.05, 3.63) is 55.8 Å². The highest BCUT2D eigenvalue weighted by Gasteiger charge is 2.50. The summed E-state index contributed by atoms with van der Waals surface area (Å²) in [6.07, 6.45) is -12.7. The average molecular weight is 869 g/mol. The summed E-state index contributed by atoms with van der Waals surface area (Å²) in [6.45, 7) is -2.51. The first-order valence-electron chi connectivity index (χ1n) is 13.7. The quantitative estimate of drug-likeness (QED) is 0.0721. The van der Waals surface area contributed by atoms with Crippen LogP contribution in [-0.2, 0) is 58.6 Å². The van der Waals surface area contributed by atoms with E-state index in [0.29, 0.717) is 9.13 Å². The van der Waals surface area contributed by atoms with Gasteiger partial charge in [0.15, 0.2) is 12.5 Å². The minimum atomic E-state index is -6.48. The molecule has 30 nitrogen and oxygen atoms in total. The fourth-order valence-corrected chi connectivity index (χ4v) is 10.8. The van der Waals surface area contributed by atoms with Crippen LogP contribution in [0.1, 0.15) is 12.5 Å². The van der Waals surface area contributed by atoms with Crippen LogP contribution in [0.4, 0.5) is 5.82 Å². The van der Waals surface area contributed by atoms with E-state index in [1.54, 1.807) is 0 Å². The molecule has 0 aromatic carbocycles. The van der Waals surface area contributed by atoms with Crippen molar-refractivity contribution < 1.29 is 103 Å². The number of aliphatic hydroxyl groups excluding tert-OH is 4. The van der Waals surface area contributed by atoms with E-state index in [0.717, 1.165) is 24.5 Å². The van der Waals surface area contributed by atoms with Crippen molar-refractivity contribution >= 4 is 44.9 Å². The molecular formula is C18H28N5O25P5. The lowest BCUT2D eigenvalue weighted by atomic mass is 10.1. The van der Waals surface area contributed by atoms with Gasteiger partial charge < -0.3 is 60.1 Å². The van der Waals surface area contributed by atoms with Crippen LogP contribution < -0.4 is 22.7 Å². The van der Waals surface area contributed by atoms with E-state index < -0.39 is 118 Å². The van der Waals surface area contributed by atoms with Gasteiger partial charge in [-0.3, -0.25) is 28.0 Å². The van der Waals surface area contributed by atoms with Crippen molar-refractivity contribution in [3.63, 3.8) is 0 Å². The maximum Gasteiger partial charge on any atom is 0.490 e. The first-order chi connectivity index (χ1) is 24.2. The Kier molecular flexibility index (Phi) is 13.3. The molecule has 4 heterocycles. The smallest absolute Gasteiger partial charge is 0.387 e. The Labute approximate surface area is 291 Å². The molecule has 0 spiro atoms. The summed E-state index contributed by atoms with van der Waals surface area (Å²) in [6, 6.07) is 1.97. The number of hydrogen-bond acceptors (Lipinski definition) is 22. The van der Waals surface area contributed by atoms with Gasteiger partial charge in [0.1, 0.15) is 42.4 Å². The second kappa shape index (κ2) is 16.1. The molecule has 5 unspecified atom stereocenters. The molecular weight excluding hydrogens is 841 g/mol. The molecule has 35 heteroatoms. The molecule has 2 saturated heterocycles. The van der Waals surface area contributed by atoms with Gasteiger partial charge in [0, 0.05) is 18.5 Å². The molecule has 2 fully saturated rings. The van der Waals surface area contributed by atoms with E-state index in [1.807, 2.05) is 4.98 Å². The van der Waals surface area contributed by atoms with Gasteiger partial charge in [0.2, 0.25) is 0 Å². The van der Waals surface area contributed by atoms with Crippen LogP contribution in [0.15, 0.2) is 38.9 Å². The highest BCUT2D eigenvalue weighted by atomic mass is 31.3. The fraction of sp³-hybridized carbons (Fsp3) is 0.556. The number of nitrogens with one attached hydrogen (secondary N) is 1. The Bertz CT molecular complexity index is 2090. The van der Waals surface area contributed by atoms with Gasteiger partial charge >= 0.3 is 50.5 Å². The van der Waals surface area contributed by atoms with E-state index in [-0.39, 0.29) is 5.82 Å². The van der Waals surface area contributed by atoms with Crippen LogP contribution in [-0.4, -0.2) is 114 Å². The standard InChI is InChI=1S/C18H28N5O25P5/c19-9-1-3-22(17(29)20-9)15-13(27)11(25)7(43-15)5-41-49(31,32)45-51(35,36)47-53(39,40)48-52(37,38)46-50(33,34)42-6-8-12(26)14(28)16(44-8)23-4-2-10(24)21-18(23)30/h1-4,7-8,11-16,25-28H,5-6H2,(H,31,32)(H,33,34)(H,35,36)(H,37,38)(H,39,40)(H2,19,20,29)(H,21,24,30)/t7-,8-,11-,12-,13-,14-,15-,16-/m1/s1. The zero-order valence-corrected chi connectivity index (χ0v) is 30.0. The summed E-state index contributed by atoms with van der Waals surface area (Å²) in [4.78, 5) is 89.1. The number of aromatic nitrogens is 4. The van der Waals surface area contributed by atoms with Crippen molar-refractivity contribution in [2.24, 2.45) is 0 Å². The Morgan fingerprint density at radius 2 is 1.06 bits per heavy atom. The molecule has 4 rings (SSSR count). The third-order valence-electron chi connectivity index (χ3n) is 6.55. The first kappa shape index (κ1) is 43.6. The molecule has 300 valence electrons. The van der Waals surface area contributed by atoms with Crippen LogP contribution >= 0.6 is 39.1 Å². The van der Waals surface area contributed by atoms with Gasteiger partial charge in [0.05, 0.1) is 13.2 Å². The van der Waals surface area contributed by atoms with Crippen LogP contribution in [0.2, 0.25) is 0 Å². The number of H-pyrrole nitrogens is 1. The normalized spacial score (nSPS) is 31.9. The van der Waals surface area contributed by atoms with Gasteiger partial charge in [-0.15, -0.1) is 0 Å². The zero-order chi connectivity index (χ0) is 39.9. The summed E-state index contributed by atoms with van der Waals surface area (Å²) >= 11 is 0. The summed E-state index contributed by atoms with van der Waals surface area (Å²) in [5, 5.41) is 40.8. The summed E-state index contributed by atoms with van der Waals surface area (Å²) in [5.41, 5.74) is 2.38. The number of phosphoric acid groups is 5. The van der Waals surface area contributed by atoms with E-state index in [1.165, 1.54) is 0 Å². The highest BCUT2D eigenvalue weighted by molar-refractivity contribution is 7.71. The Morgan fingerprint density at radius 1 is 0.660 bits per heavy atom. The van der Waals surface area contributed by atoms with E-state index in [2.05, 4.69) is 31.3 Å². The van der Waals surface area contributed by atoms with Crippen molar-refractivity contribution in [2.45, 2.75) is 49.1 Å². The highest BCUT2D eigenvalue weighted by Crippen LogP contribution is 2.73. The van der Waals surface area contributed by atoms with Gasteiger partial charge in [-0.05, 0) is 6.07 Å². The molecule has 2 aromatic rings. The molecule has 0 saturated carbocycles. The largest absolute Gasteiger partial charge is 0.490 e. The maximum absolute atomic E-state index is 12.2. The molecule has 13 atom stereocenters. The minimum Gasteiger partial charge on any atom is -0.387 e. The van der Waals surface area contributed by atoms with Crippen LogP contribution in [0.25, 0.3) is 0 Å². The lowest BCUT2D eigenvalue weighted by Crippen LogP contribution is -2.37. The average Bonchev–Trinajstić information content (AvgIpc) is 3.42. The monoisotopic (exact) mass is 869 g/mol. The molecule has 53 heavy (non-hydrogen) atoms. The SMILES string of the molecule is Nc1ccn([C@@H]2O[C@H](COP(=O)(O)OP(=O)(O)OP(=O)(O)OP(=O)(O)OP(=O)(O)OC[C@H]3O[C@@H](n4ccc(=O)[nH]c4=O)[C@H](O)[C@@H]3O)[C@@H](O)[C@H]2O)c(=O)n1. The lowest BCUT2D eigenvalue weighted by Gasteiger charge is -2.21. The second-order valence-corrected chi connectivity index (χ2v) is 18.2. The molecule has 0 aliphatic carbocycles. The van der Waals surface area contributed by atoms with Crippen molar-refractivity contribution in [3.8, 4) is 0 Å². The third-order valence-corrected chi connectivity index (χ3v) is 14.1. The molecule has 0 radical (unpaired) electrons. The Morgan fingerprint density at radius 3 is 1.47 bits per heavy atom. The third kappa shape index (κ3) is 11.4. The Hall–Kier alpha value is -2.17. The molecule has 2 aromatic heterocycles. The van der Waals surface area contributed by atoms with Crippen molar-refractivity contribution in [2.75, 3.05) is 18.9 Å². The Balaban J connectivity index is 1.30. The number of phosphoric ester groups is 2. The predicted molar refractivity (Wildman–Crippen MR) is 161 cm³/mol. The van der Waals surface area contributed by atoms with Gasteiger partial charge in [0.25, 0.3) is 5.56 Å². The number of aromatic amines is 1. The van der Waals surface area contributed by atoms with Crippen LogP contribution in [0, 0.1) is 0 Å². The fourth-order valence-electron chi connectivity index (χ4n) is 4.39. The summed E-state index contributed by atoms with van der Waals surface area (Å²) in [5.74, 6) is -0.210. The minimum absolute atomic E-state index is 0.210. The number of rotatable bonds is 16. The maximum atomic E-state index is 12.2. The number of aliphatic hydroxyl groups is 4. The molecule has 2 aliphatic rings. The van der Waals surface area contributed by atoms with Crippen LogP contribution in [0.5, 0.6) is 0 Å². The molecule has 0 amide bonds. The second-order valence-electron chi connectivity index (χ2n) is 10.4. The number of anilines is 1. The zero-order valence-electron chi connectivity index (χ0n) is 25.6. The van der Waals surface area contributed by atoms with E-state index in [4.69, 9.17) is 15.2 Å². The van der Waals surface area contributed by atoms with Crippen molar-refractivity contribution in [1.29, 1.82) is 0 Å². The van der Waals surface area contributed by atoms with Gasteiger partial charge in [-0.2, -0.15) is 22.2 Å². The van der Waals surface area contributed by atoms with E-state index >= 15 is 0 Å².